The van der Waals surface area contributed by atoms with Crippen LogP contribution in [0.2, 0.25) is 0 Å². The molecule has 29 heavy (non-hydrogen) atoms. The van der Waals surface area contributed by atoms with Crippen molar-refractivity contribution in [2.75, 3.05) is 14.2 Å². The van der Waals surface area contributed by atoms with E-state index in [-0.39, 0.29) is 30.0 Å². The van der Waals surface area contributed by atoms with Crippen LogP contribution >= 0.6 is 0 Å². The zero-order chi connectivity index (χ0) is 21.2. The lowest BCUT2D eigenvalue weighted by Crippen LogP contribution is -2.25. The first-order valence-corrected chi connectivity index (χ1v) is 8.53. The zero-order valence-electron chi connectivity index (χ0n) is 15.7. The summed E-state index contributed by atoms with van der Waals surface area (Å²) in [6, 6.07) is 4.40. The summed E-state index contributed by atoms with van der Waals surface area (Å²) in [6.07, 6.45) is -1.78. The molecule has 0 aliphatic heterocycles. The fraction of sp³-hybridized carbons (Fsp3) is 0.333. The van der Waals surface area contributed by atoms with E-state index in [4.69, 9.17) is 0 Å². The van der Waals surface area contributed by atoms with E-state index in [1.54, 1.807) is 11.9 Å². The third kappa shape index (κ3) is 4.99. The average molecular weight is 409 g/mol. The van der Waals surface area contributed by atoms with Crippen LogP contribution in [0.15, 0.2) is 35.4 Å². The van der Waals surface area contributed by atoms with Crippen LogP contribution in [-0.4, -0.2) is 50.7 Å². The van der Waals surface area contributed by atoms with Crippen LogP contribution in [0.4, 0.5) is 13.2 Å². The quantitative estimate of drug-likeness (QED) is 0.627. The molecule has 0 atom stereocenters. The van der Waals surface area contributed by atoms with Crippen LogP contribution in [0.1, 0.15) is 22.0 Å². The Labute approximate surface area is 162 Å². The molecule has 0 saturated heterocycles. The summed E-state index contributed by atoms with van der Waals surface area (Å²) in [5, 5.41) is 0.310. The summed E-state index contributed by atoms with van der Waals surface area (Å²) in [7, 11) is 2.92. The molecule has 0 radical (unpaired) electrons. The van der Waals surface area contributed by atoms with E-state index in [0.29, 0.717) is 16.7 Å². The number of aromatic amines is 1. The topological polar surface area (TPSA) is 93.1 Å². The van der Waals surface area contributed by atoms with Gasteiger partial charge in [0.1, 0.15) is 18.2 Å². The minimum Gasteiger partial charge on any atom is -0.465 e. The second-order valence-corrected chi connectivity index (χ2v) is 6.49. The summed E-state index contributed by atoms with van der Waals surface area (Å²) < 4.78 is 43.6. The van der Waals surface area contributed by atoms with E-state index in [9.17, 15) is 22.8 Å². The highest BCUT2D eigenvalue weighted by Crippen LogP contribution is 2.19. The summed E-state index contributed by atoms with van der Waals surface area (Å²) in [4.78, 5) is 36.6. The number of carbonyl (C=O) groups is 1. The van der Waals surface area contributed by atoms with Crippen molar-refractivity contribution in [2.24, 2.45) is 0 Å². The Morgan fingerprint density at radius 2 is 2.07 bits per heavy atom. The number of ether oxygens (including phenoxy) is 1. The van der Waals surface area contributed by atoms with Crippen molar-refractivity contribution in [1.29, 1.82) is 0 Å². The first kappa shape index (κ1) is 20.5. The number of methoxy groups -OCH3 is 1. The summed E-state index contributed by atoms with van der Waals surface area (Å²) >= 11 is 0. The number of esters is 1. The number of fused-ring (bicyclic) bond motifs is 1. The molecule has 0 bridgehead atoms. The van der Waals surface area contributed by atoms with Crippen molar-refractivity contribution >= 4 is 16.9 Å². The van der Waals surface area contributed by atoms with Crippen molar-refractivity contribution in [3.8, 4) is 0 Å². The van der Waals surface area contributed by atoms with Gasteiger partial charge in [0.2, 0.25) is 0 Å². The molecule has 0 unspecified atom stereocenters. The maximum absolute atomic E-state index is 12.6. The van der Waals surface area contributed by atoms with Crippen molar-refractivity contribution in [1.82, 2.24) is 24.4 Å². The Bertz CT molecular complexity index is 1090. The van der Waals surface area contributed by atoms with Gasteiger partial charge >= 0.3 is 12.1 Å². The number of nitrogens with one attached hydrogen (secondary N) is 1. The number of hydrogen-bond acceptors (Lipinski definition) is 6. The molecule has 11 heteroatoms. The predicted octanol–water partition coefficient (Wildman–Crippen LogP) is 2.10. The Balaban J connectivity index is 1.80. The Hall–Kier alpha value is -3.21. The molecule has 8 nitrogen and oxygen atoms in total. The van der Waals surface area contributed by atoms with Gasteiger partial charge in [0.25, 0.3) is 5.56 Å². The van der Waals surface area contributed by atoms with Gasteiger partial charge in [0.15, 0.2) is 0 Å². The number of nitrogens with zero attached hydrogens (tertiary/aromatic N) is 4. The fourth-order valence-electron chi connectivity index (χ4n) is 2.89. The molecule has 0 aliphatic carbocycles. The molecule has 1 aromatic carbocycles. The Kier molecular flexibility index (Phi) is 5.69. The molecule has 0 saturated carbocycles. The highest BCUT2D eigenvalue weighted by Gasteiger charge is 2.29. The van der Waals surface area contributed by atoms with Crippen LogP contribution in [0, 0.1) is 0 Å². The van der Waals surface area contributed by atoms with Crippen LogP contribution in [0.3, 0.4) is 0 Å². The third-order valence-corrected chi connectivity index (χ3v) is 4.16. The number of H-pyrrole nitrogens is 1. The summed E-state index contributed by atoms with van der Waals surface area (Å²) in [5.74, 6) is -0.00830. The summed E-state index contributed by atoms with van der Waals surface area (Å²) in [5.41, 5.74) is 0.193. The second-order valence-electron chi connectivity index (χ2n) is 6.49. The van der Waals surface area contributed by atoms with Gasteiger partial charge in [-0.05, 0) is 25.2 Å². The van der Waals surface area contributed by atoms with E-state index in [1.807, 2.05) is 0 Å². The highest BCUT2D eigenvalue weighted by atomic mass is 19.4. The molecule has 2 aromatic heterocycles. The number of hydrogen-bond donors (Lipinski definition) is 1. The number of benzene rings is 1. The molecule has 3 rings (SSSR count). The molecule has 0 aliphatic rings. The fourth-order valence-corrected chi connectivity index (χ4v) is 2.89. The lowest BCUT2D eigenvalue weighted by atomic mass is 10.1. The molecule has 154 valence electrons. The van der Waals surface area contributed by atoms with Crippen LogP contribution in [0.25, 0.3) is 10.9 Å². The van der Waals surface area contributed by atoms with Gasteiger partial charge in [0, 0.05) is 12.4 Å². The first-order chi connectivity index (χ1) is 13.7. The van der Waals surface area contributed by atoms with Crippen LogP contribution in [-0.2, 0) is 24.4 Å². The van der Waals surface area contributed by atoms with Gasteiger partial charge in [-0.15, -0.1) is 0 Å². The molecular weight excluding hydrogens is 391 g/mol. The lowest BCUT2D eigenvalue weighted by molar-refractivity contribution is -0.141. The predicted molar refractivity (Wildman–Crippen MR) is 97.2 cm³/mol. The van der Waals surface area contributed by atoms with Gasteiger partial charge in [-0.1, -0.05) is 0 Å². The van der Waals surface area contributed by atoms with E-state index >= 15 is 0 Å². The van der Waals surface area contributed by atoms with Gasteiger partial charge in [-0.3, -0.25) is 9.69 Å². The maximum Gasteiger partial charge on any atom is 0.406 e. The third-order valence-electron chi connectivity index (χ3n) is 4.16. The first-order valence-electron chi connectivity index (χ1n) is 8.53. The number of halogens is 3. The van der Waals surface area contributed by atoms with E-state index in [1.165, 1.54) is 37.7 Å². The molecule has 0 spiro atoms. The van der Waals surface area contributed by atoms with Gasteiger partial charge in [0.05, 0.1) is 36.7 Å². The number of aromatic nitrogens is 4. The number of rotatable bonds is 6. The smallest absolute Gasteiger partial charge is 0.406 e. The average Bonchev–Trinajstić information content (AvgIpc) is 3.05. The van der Waals surface area contributed by atoms with Gasteiger partial charge in [-0.2, -0.15) is 13.2 Å². The van der Waals surface area contributed by atoms with Crippen LogP contribution < -0.4 is 5.56 Å². The van der Waals surface area contributed by atoms with Crippen molar-refractivity contribution in [2.45, 2.75) is 25.8 Å². The van der Waals surface area contributed by atoms with Crippen molar-refractivity contribution in [3.05, 3.63) is 58.2 Å². The second kappa shape index (κ2) is 8.03. The molecule has 0 amide bonds. The molecule has 2 heterocycles. The van der Waals surface area contributed by atoms with Crippen LogP contribution in [0.5, 0.6) is 0 Å². The standard InChI is InChI=1S/C18H18F3N5O3/c1-25(9-15-22-5-6-26(15)10-18(19,20)21)8-14-23-13-7-11(17(28)29-2)3-4-12(13)16(27)24-14/h3-7H,8-10H2,1-2H3,(H,23,24,27). The zero-order valence-corrected chi connectivity index (χ0v) is 15.7. The summed E-state index contributed by atoms with van der Waals surface area (Å²) in [6.45, 7) is -0.850. The minimum atomic E-state index is -4.35. The molecule has 0 fully saturated rings. The van der Waals surface area contributed by atoms with Crippen molar-refractivity contribution < 1.29 is 22.7 Å². The monoisotopic (exact) mass is 409 g/mol. The molecular formula is C18H18F3N5O3. The Morgan fingerprint density at radius 3 is 2.76 bits per heavy atom. The molecule has 1 N–H and O–H groups in total. The number of alkyl halides is 3. The number of carbonyl (C=O) groups excluding carboxylic acids is 1. The van der Waals surface area contributed by atoms with Gasteiger partial charge in [-0.25, -0.2) is 14.8 Å². The van der Waals surface area contributed by atoms with E-state index in [0.717, 1.165) is 4.57 Å². The minimum absolute atomic E-state index is 0.118. The maximum atomic E-state index is 12.6. The number of imidazole rings is 1. The van der Waals surface area contributed by atoms with Crippen molar-refractivity contribution in [3.63, 3.8) is 0 Å². The normalized spacial score (nSPS) is 11.9. The lowest BCUT2D eigenvalue weighted by Gasteiger charge is -2.17. The highest BCUT2D eigenvalue weighted by molar-refractivity contribution is 5.93. The Morgan fingerprint density at radius 1 is 1.31 bits per heavy atom. The molecule has 3 aromatic rings. The SMILES string of the molecule is COC(=O)c1ccc2c(=O)[nH]c(CN(C)Cc3nccn3CC(F)(F)F)nc2c1. The van der Waals surface area contributed by atoms with E-state index in [2.05, 4.69) is 19.7 Å². The van der Waals surface area contributed by atoms with Gasteiger partial charge < -0.3 is 14.3 Å². The van der Waals surface area contributed by atoms with E-state index < -0.39 is 18.7 Å². The largest absolute Gasteiger partial charge is 0.465 e.